The van der Waals surface area contributed by atoms with E-state index in [2.05, 4.69) is 21.2 Å². The van der Waals surface area contributed by atoms with Gasteiger partial charge < -0.3 is 14.5 Å². The van der Waals surface area contributed by atoms with Gasteiger partial charge in [-0.2, -0.15) is 0 Å². The van der Waals surface area contributed by atoms with Crippen molar-refractivity contribution in [2.45, 2.75) is 39.3 Å². The van der Waals surface area contributed by atoms with Crippen molar-refractivity contribution in [3.8, 4) is 11.1 Å². The summed E-state index contributed by atoms with van der Waals surface area (Å²) >= 11 is 3.40. The number of benzene rings is 2. The van der Waals surface area contributed by atoms with Crippen molar-refractivity contribution in [3.05, 3.63) is 69.0 Å². The minimum absolute atomic E-state index is 0.151. The summed E-state index contributed by atoms with van der Waals surface area (Å²) in [5, 5.41) is 3.24. The molecule has 3 rings (SSSR count). The Labute approximate surface area is 171 Å². The first kappa shape index (κ1) is 20.1. The first-order chi connectivity index (χ1) is 13.2. The molecule has 2 aromatic carbocycles. The number of nitrogens with one attached hydrogen (secondary N) is 1. The predicted molar refractivity (Wildman–Crippen MR) is 113 cm³/mol. The fourth-order valence-electron chi connectivity index (χ4n) is 2.92. The normalized spacial score (nSPS) is 12.6. The summed E-state index contributed by atoms with van der Waals surface area (Å²) < 4.78 is 12.2. The Hall–Kier alpha value is -2.60. The molecular formula is C22H22BrNO4. The second-order valence-electron chi connectivity index (χ2n) is 7.54. The molecule has 0 fully saturated rings. The maximum absolute atomic E-state index is 13.3. The lowest BCUT2D eigenvalue weighted by molar-refractivity contribution is 0.0502. The van der Waals surface area contributed by atoms with Crippen LogP contribution in [0.3, 0.4) is 0 Å². The number of carbonyl (C=O) groups is 1. The Balaban J connectivity index is 2.14. The first-order valence-corrected chi connectivity index (χ1v) is 9.76. The van der Waals surface area contributed by atoms with Crippen LogP contribution >= 0.6 is 15.9 Å². The highest BCUT2D eigenvalue weighted by atomic mass is 79.9. The number of rotatable bonds is 3. The molecule has 1 amide bonds. The Morgan fingerprint density at radius 1 is 1.14 bits per heavy atom. The number of carbonyl (C=O) groups excluding carboxylic acids is 1. The minimum atomic E-state index is -0.622. The van der Waals surface area contributed by atoms with Crippen molar-refractivity contribution in [1.29, 1.82) is 0 Å². The van der Waals surface area contributed by atoms with Crippen molar-refractivity contribution < 1.29 is 13.9 Å². The third kappa shape index (κ3) is 4.44. The third-order valence-corrected chi connectivity index (χ3v) is 4.56. The molecule has 0 aliphatic rings. The molecule has 1 aromatic heterocycles. The highest BCUT2D eigenvalue weighted by Gasteiger charge is 2.24. The summed E-state index contributed by atoms with van der Waals surface area (Å²) in [5.74, 6) is 0.386. The molecule has 28 heavy (non-hydrogen) atoms. The summed E-state index contributed by atoms with van der Waals surface area (Å²) in [6.07, 6.45) is -0.572. The van der Waals surface area contributed by atoms with E-state index in [-0.39, 0.29) is 5.43 Å². The van der Waals surface area contributed by atoms with Gasteiger partial charge >= 0.3 is 6.09 Å². The van der Waals surface area contributed by atoms with Crippen molar-refractivity contribution in [3.63, 3.8) is 0 Å². The largest absolute Gasteiger partial charge is 0.458 e. The maximum Gasteiger partial charge on any atom is 0.408 e. The van der Waals surface area contributed by atoms with Gasteiger partial charge in [0, 0.05) is 4.47 Å². The van der Waals surface area contributed by atoms with E-state index in [0.717, 1.165) is 10.0 Å². The predicted octanol–water partition coefficient (Wildman–Crippen LogP) is 5.81. The van der Waals surface area contributed by atoms with Gasteiger partial charge in [0.25, 0.3) is 0 Å². The number of ether oxygens (including phenoxy) is 1. The maximum atomic E-state index is 13.3. The van der Waals surface area contributed by atoms with Crippen molar-refractivity contribution in [2.24, 2.45) is 0 Å². The highest BCUT2D eigenvalue weighted by Crippen LogP contribution is 2.30. The van der Waals surface area contributed by atoms with Crippen LogP contribution in [0.25, 0.3) is 22.1 Å². The number of halogens is 1. The second kappa shape index (κ2) is 7.80. The van der Waals surface area contributed by atoms with Gasteiger partial charge in [-0.25, -0.2) is 4.79 Å². The summed E-state index contributed by atoms with van der Waals surface area (Å²) in [4.78, 5) is 25.5. The smallest absolute Gasteiger partial charge is 0.408 e. The van der Waals surface area contributed by atoms with E-state index in [4.69, 9.17) is 9.15 Å². The van der Waals surface area contributed by atoms with Crippen LogP contribution in [0, 0.1) is 0 Å². The molecule has 0 saturated carbocycles. The van der Waals surface area contributed by atoms with Crippen LogP contribution in [0.15, 0.2) is 62.2 Å². The van der Waals surface area contributed by atoms with Crippen molar-refractivity contribution in [2.75, 3.05) is 0 Å². The van der Waals surface area contributed by atoms with E-state index in [1.807, 2.05) is 36.4 Å². The molecule has 1 heterocycles. The molecule has 1 atom stereocenters. The number of amides is 1. The lowest BCUT2D eigenvalue weighted by Crippen LogP contribution is -2.34. The molecule has 1 N–H and O–H groups in total. The lowest BCUT2D eigenvalue weighted by atomic mass is 9.99. The second-order valence-corrected chi connectivity index (χ2v) is 8.46. The summed E-state index contributed by atoms with van der Waals surface area (Å²) in [5.41, 5.74) is 0.839. The molecule has 0 aliphatic carbocycles. The van der Waals surface area contributed by atoms with Crippen LogP contribution in [0.1, 0.15) is 39.5 Å². The van der Waals surface area contributed by atoms with Crippen LogP contribution in [0.2, 0.25) is 0 Å². The number of hydrogen-bond acceptors (Lipinski definition) is 4. The van der Waals surface area contributed by atoms with Crippen molar-refractivity contribution in [1.82, 2.24) is 5.32 Å². The monoisotopic (exact) mass is 443 g/mol. The zero-order chi connectivity index (χ0) is 20.5. The van der Waals surface area contributed by atoms with Gasteiger partial charge in [0.2, 0.25) is 5.43 Å². The fraction of sp³-hybridized carbons (Fsp3) is 0.273. The minimum Gasteiger partial charge on any atom is -0.458 e. The quantitative estimate of drug-likeness (QED) is 0.554. The number of fused-ring (bicyclic) bond motifs is 1. The van der Waals surface area contributed by atoms with E-state index in [1.54, 1.807) is 39.8 Å². The van der Waals surface area contributed by atoms with E-state index >= 15 is 0 Å². The molecule has 0 bridgehead atoms. The zero-order valence-electron chi connectivity index (χ0n) is 16.2. The molecule has 5 nitrogen and oxygen atoms in total. The topological polar surface area (TPSA) is 68.5 Å². The molecule has 0 spiro atoms. The molecule has 0 radical (unpaired) electrons. The number of alkyl carbamates (subject to hydrolysis) is 1. The standard InChI is InChI=1S/C22H22BrNO4/c1-13(24-21(26)28-22(2,3)4)20-18(14-8-6-5-7-9-14)19(25)16-12-15(23)10-11-17(16)27-20/h5-13H,1-4H3,(H,24,26)/t13-/m0/s1. The van der Waals surface area contributed by atoms with Crippen molar-refractivity contribution >= 4 is 33.0 Å². The Bertz CT molecular complexity index is 1070. The number of hydrogen-bond donors (Lipinski definition) is 1. The van der Waals surface area contributed by atoms with Crippen LogP contribution in [0.5, 0.6) is 0 Å². The van der Waals surface area contributed by atoms with Gasteiger partial charge in [-0.3, -0.25) is 4.79 Å². The van der Waals surface area contributed by atoms with Crippen LogP contribution < -0.4 is 10.7 Å². The van der Waals surface area contributed by atoms with Gasteiger partial charge in [0.15, 0.2) is 0 Å². The van der Waals surface area contributed by atoms with Gasteiger partial charge in [-0.05, 0) is 51.5 Å². The van der Waals surface area contributed by atoms with Gasteiger partial charge in [-0.1, -0.05) is 46.3 Å². The zero-order valence-corrected chi connectivity index (χ0v) is 17.8. The molecular weight excluding hydrogens is 422 g/mol. The summed E-state index contributed by atoms with van der Waals surface area (Å²) in [6.45, 7) is 7.14. The summed E-state index contributed by atoms with van der Waals surface area (Å²) in [6, 6.07) is 14.0. The van der Waals surface area contributed by atoms with Crippen LogP contribution in [-0.4, -0.2) is 11.7 Å². The van der Waals surface area contributed by atoms with E-state index in [0.29, 0.717) is 22.3 Å². The van der Waals surface area contributed by atoms with Crippen LogP contribution in [-0.2, 0) is 4.74 Å². The molecule has 3 aromatic rings. The average Bonchev–Trinajstić information content (AvgIpc) is 2.61. The van der Waals surface area contributed by atoms with Crippen LogP contribution in [0.4, 0.5) is 4.79 Å². The van der Waals surface area contributed by atoms with Gasteiger partial charge in [0.1, 0.15) is 16.9 Å². The summed E-state index contributed by atoms with van der Waals surface area (Å²) in [7, 11) is 0. The van der Waals surface area contributed by atoms with E-state index < -0.39 is 17.7 Å². The first-order valence-electron chi connectivity index (χ1n) is 8.97. The lowest BCUT2D eigenvalue weighted by Gasteiger charge is -2.22. The SMILES string of the molecule is C[C@H](NC(=O)OC(C)(C)C)c1oc2ccc(Br)cc2c(=O)c1-c1ccccc1. The van der Waals surface area contributed by atoms with Gasteiger partial charge in [0.05, 0.1) is 17.0 Å². The Morgan fingerprint density at radius 2 is 1.82 bits per heavy atom. The van der Waals surface area contributed by atoms with Gasteiger partial charge in [-0.15, -0.1) is 0 Å². The third-order valence-electron chi connectivity index (χ3n) is 4.07. The van der Waals surface area contributed by atoms with E-state index in [1.165, 1.54) is 0 Å². The fourth-order valence-corrected chi connectivity index (χ4v) is 3.28. The highest BCUT2D eigenvalue weighted by molar-refractivity contribution is 9.10. The molecule has 0 unspecified atom stereocenters. The molecule has 0 saturated heterocycles. The molecule has 146 valence electrons. The van der Waals surface area contributed by atoms with E-state index in [9.17, 15) is 9.59 Å². The Morgan fingerprint density at radius 3 is 2.46 bits per heavy atom. The Kier molecular flexibility index (Phi) is 5.61. The molecule has 0 aliphatic heterocycles. The molecule has 6 heteroatoms. The average molecular weight is 444 g/mol.